The van der Waals surface area contributed by atoms with Gasteiger partial charge >= 0.3 is 0 Å². The second-order valence-corrected chi connectivity index (χ2v) is 4.66. The maximum atomic E-state index is 5.79. The van der Waals surface area contributed by atoms with Gasteiger partial charge in [0.05, 0.1) is 6.54 Å². The molecular formula is C15H12N4O. The predicted molar refractivity (Wildman–Crippen MR) is 73.1 cm³/mol. The van der Waals surface area contributed by atoms with Crippen LogP contribution in [0.3, 0.4) is 0 Å². The standard InChI is InChI=1S/C15H12N4O/c1-2-4-13-12(3-1)9-19-14(10-20-13)17-18-15(19)11-5-7-16-8-6-11/h1-8H,9-10H2. The number of pyridine rings is 1. The molecule has 0 saturated carbocycles. The molecule has 0 spiro atoms. The van der Waals surface area contributed by atoms with Crippen molar-refractivity contribution < 1.29 is 4.74 Å². The van der Waals surface area contributed by atoms with Gasteiger partial charge in [-0.15, -0.1) is 10.2 Å². The molecule has 5 nitrogen and oxygen atoms in total. The minimum atomic E-state index is 0.440. The van der Waals surface area contributed by atoms with E-state index in [9.17, 15) is 0 Å². The molecule has 20 heavy (non-hydrogen) atoms. The van der Waals surface area contributed by atoms with E-state index < -0.39 is 0 Å². The molecule has 0 saturated heterocycles. The van der Waals surface area contributed by atoms with Crippen LogP contribution in [0.15, 0.2) is 48.8 Å². The Morgan fingerprint density at radius 2 is 1.85 bits per heavy atom. The average Bonchev–Trinajstić information content (AvgIpc) is 2.81. The van der Waals surface area contributed by atoms with Crippen molar-refractivity contribution in [3.05, 3.63) is 60.2 Å². The van der Waals surface area contributed by atoms with Crippen LogP contribution in [0.4, 0.5) is 0 Å². The Balaban J connectivity index is 1.83. The number of aromatic nitrogens is 4. The first-order chi connectivity index (χ1) is 9.92. The second kappa shape index (κ2) is 4.45. The SMILES string of the molecule is c1ccc2c(c1)Cn1c(nnc1-c1ccncc1)CO2. The topological polar surface area (TPSA) is 52.8 Å². The lowest BCUT2D eigenvalue weighted by Crippen LogP contribution is -2.05. The maximum absolute atomic E-state index is 5.79. The minimum Gasteiger partial charge on any atom is -0.485 e. The quantitative estimate of drug-likeness (QED) is 0.676. The molecule has 0 amide bonds. The summed E-state index contributed by atoms with van der Waals surface area (Å²) in [5.74, 6) is 2.61. The molecule has 0 unspecified atom stereocenters. The van der Waals surface area contributed by atoms with Gasteiger partial charge in [-0.3, -0.25) is 4.98 Å². The highest BCUT2D eigenvalue weighted by Gasteiger charge is 2.19. The number of rotatable bonds is 1. The number of nitrogens with zero attached hydrogens (tertiary/aromatic N) is 4. The molecule has 98 valence electrons. The molecule has 0 fully saturated rings. The summed E-state index contributed by atoms with van der Waals surface area (Å²) in [6.45, 7) is 1.16. The van der Waals surface area contributed by atoms with Gasteiger partial charge in [0.25, 0.3) is 0 Å². The summed E-state index contributed by atoms with van der Waals surface area (Å²) in [7, 11) is 0. The van der Waals surface area contributed by atoms with E-state index in [2.05, 4.69) is 25.8 Å². The van der Waals surface area contributed by atoms with Crippen molar-refractivity contribution in [2.24, 2.45) is 0 Å². The molecule has 3 heterocycles. The van der Waals surface area contributed by atoms with Crippen LogP contribution >= 0.6 is 0 Å². The fourth-order valence-electron chi connectivity index (χ4n) is 2.41. The van der Waals surface area contributed by atoms with E-state index in [-0.39, 0.29) is 0 Å². The van der Waals surface area contributed by atoms with E-state index in [1.54, 1.807) is 12.4 Å². The highest BCUT2D eigenvalue weighted by Crippen LogP contribution is 2.27. The van der Waals surface area contributed by atoms with Crippen molar-refractivity contribution in [1.29, 1.82) is 0 Å². The Labute approximate surface area is 115 Å². The number of fused-ring (bicyclic) bond motifs is 2. The summed E-state index contributed by atoms with van der Waals surface area (Å²) >= 11 is 0. The summed E-state index contributed by atoms with van der Waals surface area (Å²) in [4.78, 5) is 4.04. The lowest BCUT2D eigenvalue weighted by atomic mass is 10.2. The van der Waals surface area contributed by atoms with Gasteiger partial charge in [0.15, 0.2) is 11.6 Å². The molecule has 0 N–H and O–H groups in total. The van der Waals surface area contributed by atoms with Gasteiger partial charge in [0.2, 0.25) is 0 Å². The third-order valence-electron chi connectivity index (χ3n) is 3.42. The van der Waals surface area contributed by atoms with Crippen molar-refractivity contribution in [2.75, 3.05) is 0 Å². The molecule has 3 aromatic rings. The van der Waals surface area contributed by atoms with Crippen LogP contribution in [-0.4, -0.2) is 19.7 Å². The van der Waals surface area contributed by atoms with Gasteiger partial charge in [-0.2, -0.15) is 0 Å². The van der Waals surface area contributed by atoms with Gasteiger partial charge in [0.1, 0.15) is 12.4 Å². The van der Waals surface area contributed by atoms with Crippen molar-refractivity contribution in [1.82, 2.24) is 19.7 Å². The van der Waals surface area contributed by atoms with Crippen molar-refractivity contribution >= 4 is 0 Å². The molecule has 0 aliphatic carbocycles. The summed E-state index contributed by atoms with van der Waals surface area (Å²) in [5, 5.41) is 8.53. The Morgan fingerprint density at radius 3 is 2.75 bits per heavy atom. The molecule has 1 aromatic carbocycles. The number of benzene rings is 1. The Hall–Kier alpha value is -2.69. The van der Waals surface area contributed by atoms with Gasteiger partial charge in [-0.1, -0.05) is 18.2 Å². The molecule has 5 heteroatoms. The summed E-state index contributed by atoms with van der Waals surface area (Å²) in [5.41, 5.74) is 2.15. The number of para-hydroxylation sites is 1. The number of hydrogen-bond acceptors (Lipinski definition) is 4. The van der Waals surface area contributed by atoms with Gasteiger partial charge in [0, 0.05) is 23.5 Å². The molecular weight excluding hydrogens is 252 g/mol. The first-order valence-corrected chi connectivity index (χ1v) is 6.45. The van der Waals surface area contributed by atoms with Crippen LogP contribution in [0.1, 0.15) is 11.4 Å². The van der Waals surface area contributed by atoms with E-state index in [0.717, 1.165) is 35.1 Å². The summed E-state index contributed by atoms with van der Waals surface area (Å²) < 4.78 is 7.89. The van der Waals surface area contributed by atoms with E-state index in [1.807, 2.05) is 30.3 Å². The maximum Gasteiger partial charge on any atom is 0.171 e. The van der Waals surface area contributed by atoms with Gasteiger partial charge in [-0.05, 0) is 18.2 Å². The minimum absolute atomic E-state index is 0.440. The Kier molecular flexibility index (Phi) is 2.48. The fraction of sp³-hybridized carbons (Fsp3) is 0.133. The highest BCUT2D eigenvalue weighted by molar-refractivity contribution is 5.54. The number of ether oxygens (including phenoxy) is 1. The monoisotopic (exact) mass is 264 g/mol. The third-order valence-corrected chi connectivity index (χ3v) is 3.42. The smallest absolute Gasteiger partial charge is 0.171 e. The Morgan fingerprint density at radius 1 is 1.00 bits per heavy atom. The molecule has 0 radical (unpaired) electrons. The molecule has 0 bridgehead atoms. The van der Waals surface area contributed by atoms with Crippen molar-refractivity contribution in [3.63, 3.8) is 0 Å². The molecule has 0 atom stereocenters. The van der Waals surface area contributed by atoms with E-state index in [1.165, 1.54) is 0 Å². The highest BCUT2D eigenvalue weighted by atomic mass is 16.5. The second-order valence-electron chi connectivity index (χ2n) is 4.66. The lowest BCUT2D eigenvalue weighted by molar-refractivity contribution is 0.297. The number of hydrogen-bond donors (Lipinski definition) is 0. The molecule has 2 aromatic heterocycles. The summed E-state index contributed by atoms with van der Waals surface area (Å²) in [6.07, 6.45) is 3.52. The van der Waals surface area contributed by atoms with Crippen LogP contribution in [0.25, 0.3) is 11.4 Å². The first-order valence-electron chi connectivity index (χ1n) is 6.45. The summed E-state index contributed by atoms with van der Waals surface area (Å²) in [6, 6.07) is 11.9. The van der Waals surface area contributed by atoms with Crippen LogP contribution < -0.4 is 4.74 Å². The largest absolute Gasteiger partial charge is 0.485 e. The zero-order valence-electron chi connectivity index (χ0n) is 10.7. The first kappa shape index (κ1) is 11.2. The van der Waals surface area contributed by atoms with Crippen LogP contribution in [0.2, 0.25) is 0 Å². The third kappa shape index (κ3) is 1.75. The van der Waals surface area contributed by atoms with E-state index in [0.29, 0.717) is 6.61 Å². The van der Waals surface area contributed by atoms with E-state index in [4.69, 9.17) is 4.74 Å². The molecule has 4 rings (SSSR count). The normalized spacial score (nSPS) is 13.0. The van der Waals surface area contributed by atoms with Gasteiger partial charge in [-0.25, -0.2) is 0 Å². The van der Waals surface area contributed by atoms with Crippen LogP contribution in [-0.2, 0) is 13.2 Å². The zero-order chi connectivity index (χ0) is 13.4. The lowest BCUT2D eigenvalue weighted by Gasteiger charge is -2.07. The van der Waals surface area contributed by atoms with Crippen molar-refractivity contribution in [3.8, 4) is 17.1 Å². The predicted octanol–water partition coefficient (Wildman–Crippen LogP) is 2.28. The molecule has 1 aliphatic heterocycles. The van der Waals surface area contributed by atoms with Crippen molar-refractivity contribution in [2.45, 2.75) is 13.2 Å². The zero-order valence-corrected chi connectivity index (χ0v) is 10.7. The fourth-order valence-corrected chi connectivity index (χ4v) is 2.41. The molecule has 1 aliphatic rings. The van der Waals surface area contributed by atoms with Crippen LogP contribution in [0, 0.1) is 0 Å². The van der Waals surface area contributed by atoms with Gasteiger partial charge < -0.3 is 9.30 Å². The van der Waals surface area contributed by atoms with E-state index >= 15 is 0 Å². The Bertz CT molecular complexity index is 752. The average molecular weight is 264 g/mol. The van der Waals surface area contributed by atoms with Crippen LogP contribution in [0.5, 0.6) is 5.75 Å².